The first-order valence-corrected chi connectivity index (χ1v) is 24.4. The van der Waals surface area contributed by atoms with E-state index < -0.39 is 0 Å². The molecule has 0 saturated carbocycles. The van der Waals surface area contributed by atoms with Crippen LogP contribution in [0.1, 0.15) is 0 Å². The quantitative estimate of drug-likeness (QED) is 0.140. The second-order valence-corrected chi connectivity index (χ2v) is 18.8. The van der Waals surface area contributed by atoms with Crippen molar-refractivity contribution >= 4 is 70.4 Å². The van der Waals surface area contributed by atoms with E-state index in [9.17, 15) is 0 Å². The SMILES string of the molecule is c1ccc(-c2ccc(-c3ccc(N(c4ccc(-c5ccc(-c6ccccc6-n6c7ccccc7c7ccccc76)cc5)cc4)c4ccc(-c5ccc6sc7ccccc7c6c5)cc4)cc3)cc2)cc1. The van der Waals surface area contributed by atoms with Crippen molar-refractivity contribution in [3.8, 4) is 61.3 Å². The van der Waals surface area contributed by atoms with Gasteiger partial charge in [-0.1, -0.05) is 194 Å². The van der Waals surface area contributed by atoms with Gasteiger partial charge in [0, 0.05) is 53.6 Å². The van der Waals surface area contributed by atoms with Crippen LogP contribution in [0.15, 0.2) is 267 Å². The smallest absolute Gasteiger partial charge is 0.0541 e. The van der Waals surface area contributed by atoms with Crippen LogP contribution in [0.4, 0.5) is 17.1 Å². The third kappa shape index (κ3) is 7.37. The van der Waals surface area contributed by atoms with Crippen molar-refractivity contribution in [2.75, 3.05) is 4.90 Å². The molecule has 324 valence electrons. The molecule has 0 saturated heterocycles. The molecule has 0 aliphatic rings. The molecule has 2 aromatic heterocycles. The van der Waals surface area contributed by atoms with Crippen LogP contribution < -0.4 is 4.90 Å². The number of para-hydroxylation sites is 3. The zero-order valence-corrected chi connectivity index (χ0v) is 38.5. The molecule has 0 fully saturated rings. The van der Waals surface area contributed by atoms with Gasteiger partial charge in [-0.05, 0) is 123 Å². The standard InChI is InChI=1S/C66H44N2S/c1-2-12-45(13-3-1)46-22-24-47(25-23-46)49-30-37-54(38-31-49)67(56-41-34-51(35-42-56)53-36-43-66-61(44-53)60-17-7-11-21-65(60)69-66)55-39-32-50(33-40-55)48-26-28-52(29-27-48)57-14-4-8-18-62(57)68-63-19-9-5-15-58(63)59-16-6-10-20-64(59)68/h1-44H. The number of aromatic nitrogens is 1. The zero-order valence-electron chi connectivity index (χ0n) is 37.7. The first kappa shape index (κ1) is 40.5. The van der Waals surface area contributed by atoms with Crippen molar-refractivity contribution in [1.29, 1.82) is 0 Å². The van der Waals surface area contributed by atoms with Crippen molar-refractivity contribution in [2.24, 2.45) is 0 Å². The first-order valence-electron chi connectivity index (χ1n) is 23.6. The van der Waals surface area contributed by atoms with Crippen molar-refractivity contribution in [2.45, 2.75) is 0 Å². The summed E-state index contributed by atoms with van der Waals surface area (Å²) in [5.74, 6) is 0. The Hall–Kier alpha value is -8.76. The molecule has 0 aliphatic carbocycles. The van der Waals surface area contributed by atoms with Crippen LogP contribution in [0.5, 0.6) is 0 Å². The van der Waals surface area contributed by atoms with Crippen LogP contribution >= 0.6 is 11.3 Å². The normalized spacial score (nSPS) is 11.5. The minimum absolute atomic E-state index is 1.09. The van der Waals surface area contributed by atoms with Gasteiger partial charge in [0.1, 0.15) is 0 Å². The predicted molar refractivity (Wildman–Crippen MR) is 296 cm³/mol. The maximum absolute atomic E-state index is 2.41. The molecule has 0 N–H and O–H groups in total. The Balaban J connectivity index is 0.827. The van der Waals surface area contributed by atoms with Crippen LogP contribution in [-0.4, -0.2) is 4.57 Å². The highest BCUT2D eigenvalue weighted by Gasteiger charge is 2.17. The van der Waals surface area contributed by atoms with Crippen LogP contribution in [0.25, 0.3) is 103 Å². The number of rotatable bonds is 9. The second kappa shape index (κ2) is 17.2. The summed E-state index contributed by atoms with van der Waals surface area (Å²) in [7, 11) is 0. The molecule has 13 aromatic rings. The van der Waals surface area contributed by atoms with Crippen molar-refractivity contribution in [3.05, 3.63) is 267 Å². The molecule has 11 aromatic carbocycles. The molecule has 13 rings (SSSR count). The summed E-state index contributed by atoms with van der Waals surface area (Å²) < 4.78 is 5.05. The molecular formula is C66H44N2S. The number of thiophene rings is 1. The molecule has 0 bridgehead atoms. The fourth-order valence-electron chi connectivity index (χ4n) is 10.2. The van der Waals surface area contributed by atoms with Gasteiger partial charge in [-0.25, -0.2) is 0 Å². The van der Waals surface area contributed by atoms with Gasteiger partial charge in [0.05, 0.1) is 16.7 Å². The average molecular weight is 897 g/mol. The number of anilines is 3. The molecule has 2 nitrogen and oxygen atoms in total. The molecule has 3 heteroatoms. The Morgan fingerprint density at radius 2 is 0.638 bits per heavy atom. The minimum Gasteiger partial charge on any atom is -0.311 e. The van der Waals surface area contributed by atoms with E-state index in [0.717, 1.165) is 17.1 Å². The van der Waals surface area contributed by atoms with Crippen molar-refractivity contribution in [3.63, 3.8) is 0 Å². The first-order chi connectivity index (χ1) is 34.2. The fraction of sp³-hybridized carbons (Fsp3) is 0. The van der Waals surface area contributed by atoms with Gasteiger partial charge in [0.2, 0.25) is 0 Å². The number of hydrogen-bond acceptors (Lipinski definition) is 2. The summed E-state index contributed by atoms with van der Waals surface area (Å²) in [5.41, 5.74) is 18.8. The molecule has 0 spiro atoms. The number of nitrogens with zero attached hydrogens (tertiary/aromatic N) is 2. The summed E-state index contributed by atoms with van der Waals surface area (Å²) in [5, 5.41) is 5.16. The molecular weight excluding hydrogens is 853 g/mol. The highest BCUT2D eigenvalue weighted by molar-refractivity contribution is 7.25. The largest absolute Gasteiger partial charge is 0.311 e. The lowest BCUT2D eigenvalue weighted by molar-refractivity contribution is 1.18. The Labute approximate surface area is 405 Å². The van der Waals surface area contributed by atoms with E-state index in [4.69, 9.17) is 0 Å². The van der Waals surface area contributed by atoms with Gasteiger partial charge in [-0.2, -0.15) is 0 Å². The van der Waals surface area contributed by atoms with Crippen LogP contribution in [0.2, 0.25) is 0 Å². The van der Waals surface area contributed by atoms with E-state index in [1.165, 1.54) is 103 Å². The van der Waals surface area contributed by atoms with Crippen LogP contribution in [-0.2, 0) is 0 Å². The van der Waals surface area contributed by atoms with Gasteiger partial charge in [-0.15, -0.1) is 11.3 Å². The van der Waals surface area contributed by atoms with Crippen molar-refractivity contribution in [1.82, 2.24) is 4.57 Å². The Morgan fingerprint density at radius 3 is 1.19 bits per heavy atom. The number of fused-ring (bicyclic) bond motifs is 6. The lowest BCUT2D eigenvalue weighted by Gasteiger charge is -2.26. The zero-order chi connectivity index (χ0) is 45.7. The van der Waals surface area contributed by atoms with Gasteiger partial charge in [0.15, 0.2) is 0 Å². The fourth-order valence-corrected chi connectivity index (χ4v) is 11.3. The third-order valence-corrected chi connectivity index (χ3v) is 14.8. The monoisotopic (exact) mass is 896 g/mol. The summed E-state index contributed by atoms with van der Waals surface area (Å²) in [6.45, 7) is 0. The van der Waals surface area contributed by atoms with E-state index in [-0.39, 0.29) is 0 Å². The lowest BCUT2D eigenvalue weighted by atomic mass is 9.98. The molecule has 0 atom stereocenters. The summed E-state index contributed by atoms with van der Waals surface area (Å²) in [4.78, 5) is 2.36. The summed E-state index contributed by atoms with van der Waals surface area (Å²) in [6, 6.07) is 97.2. The maximum atomic E-state index is 2.41. The Bertz CT molecular complexity index is 3910. The van der Waals surface area contributed by atoms with Crippen LogP contribution in [0.3, 0.4) is 0 Å². The molecule has 0 radical (unpaired) electrons. The molecule has 0 unspecified atom stereocenters. The maximum Gasteiger partial charge on any atom is 0.0541 e. The Morgan fingerprint density at radius 1 is 0.261 bits per heavy atom. The number of hydrogen-bond donors (Lipinski definition) is 0. The molecule has 69 heavy (non-hydrogen) atoms. The molecule has 0 amide bonds. The van der Waals surface area contributed by atoms with Gasteiger partial charge < -0.3 is 9.47 Å². The van der Waals surface area contributed by atoms with Crippen LogP contribution in [0, 0.1) is 0 Å². The van der Waals surface area contributed by atoms with Gasteiger partial charge in [-0.3, -0.25) is 0 Å². The second-order valence-electron chi connectivity index (χ2n) is 17.7. The van der Waals surface area contributed by atoms with E-state index in [2.05, 4.69) is 276 Å². The summed E-state index contributed by atoms with van der Waals surface area (Å²) >= 11 is 1.86. The van der Waals surface area contributed by atoms with E-state index in [0.29, 0.717) is 0 Å². The summed E-state index contributed by atoms with van der Waals surface area (Å²) in [6.07, 6.45) is 0. The molecule has 2 heterocycles. The highest BCUT2D eigenvalue weighted by atomic mass is 32.1. The lowest BCUT2D eigenvalue weighted by Crippen LogP contribution is -2.09. The van der Waals surface area contributed by atoms with E-state index in [1.54, 1.807) is 0 Å². The topological polar surface area (TPSA) is 8.17 Å². The molecule has 0 aliphatic heterocycles. The van der Waals surface area contributed by atoms with E-state index >= 15 is 0 Å². The van der Waals surface area contributed by atoms with E-state index in [1.807, 2.05) is 11.3 Å². The minimum atomic E-state index is 1.09. The van der Waals surface area contributed by atoms with Gasteiger partial charge >= 0.3 is 0 Å². The highest BCUT2D eigenvalue weighted by Crippen LogP contribution is 2.41. The Kier molecular flexibility index (Phi) is 10.1. The number of benzene rings is 11. The average Bonchev–Trinajstić information content (AvgIpc) is 3.97. The predicted octanol–water partition coefficient (Wildman–Crippen LogP) is 19.0. The third-order valence-electron chi connectivity index (χ3n) is 13.7. The van der Waals surface area contributed by atoms with Crippen molar-refractivity contribution < 1.29 is 0 Å². The van der Waals surface area contributed by atoms with Gasteiger partial charge in [0.25, 0.3) is 0 Å².